The van der Waals surface area contributed by atoms with Gasteiger partial charge in [0.2, 0.25) is 0 Å². The molecule has 0 unspecified atom stereocenters. The van der Waals surface area contributed by atoms with Gasteiger partial charge in [-0.2, -0.15) is 0 Å². The van der Waals surface area contributed by atoms with E-state index >= 15 is 0 Å². The molecule has 5 nitrogen and oxygen atoms in total. The molecule has 1 aromatic carbocycles. The van der Waals surface area contributed by atoms with Gasteiger partial charge in [0.25, 0.3) is 5.91 Å². The summed E-state index contributed by atoms with van der Waals surface area (Å²) in [4.78, 5) is 15.2. The van der Waals surface area contributed by atoms with Gasteiger partial charge in [0.15, 0.2) is 0 Å². The van der Waals surface area contributed by atoms with Crippen molar-refractivity contribution in [3.63, 3.8) is 0 Å². The van der Waals surface area contributed by atoms with E-state index in [1.807, 2.05) is 52.0 Å². The van der Waals surface area contributed by atoms with E-state index in [0.29, 0.717) is 11.4 Å². The van der Waals surface area contributed by atoms with Crippen molar-refractivity contribution < 1.29 is 14.1 Å². The van der Waals surface area contributed by atoms with Gasteiger partial charge in [0, 0.05) is 17.3 Å². The van der Waals surface area contributed by atoms with Crippen LogP contribution in [0.3, 0.4) is 0 Å². The van der Waals surface area contributed by atoms with E-state index in [1.54, 1.807) is 18.3 Å². The van der Waals surface area contributed by atoms with E-state index in [9.17, 15) is 4.79 Å². The Morgan fingerprint density at radius 2 is 1.70 bits per heavy atom. The standard InChI is InChI=1S/C17H21BN2O3/c1-16(2)17(3,4)23-18(22-16)12-8-5-6-9-13(12)20-15(21)14-10-7-11-19-14/h5-11,19H,1-4H3,(H,20,21). The molecule has 2 heterocycles. The minimum atomic E-state index is -0.514. The molecule has 0 radical (unpaired) electrons. The van der Waals surface area contributed by atoms with Crippen molar-refractivity contribution >= 4 is 24.2 Å². The monoisotopic (exact) mass is 312 g/mol. The maximum absolute atomic E-state index is 12.3. The average Bonchev–Trinajstić information content (AvgIpc) is 3.06. The number of hydrogen-bond acceptors (Lipinski definition) is 3. The van der Waals surface area contributed by atoms with Crippen molar-refractivity contribution in [3.05, 3.63) is 48.3 Å². The fraction of sp³-hybridized carbons (Fsp3) is 0.353. The molecule has 0 spiro atoms. The summed E-state index contributed by atoms with van der Waals surface area (Å²) in [5, 5.41) is 2.91. The third kappa shape index (κ3) is 2.92. The topological polar surface area (TPSA) is 63.3 Å². The van der Waals surface area contributed by atoms with Crippen molar-refractivity contribution in [1.29, 1.82) is 0 Å². The first-order valence-corrected chi connectivity index (χ1v) is 7.69. The normalized spacial score (nSPS) is 18.9. The molecule has 0 aliphatic carbocycles. The molecule has 1 saturated heterocycles. The summed E-state index contributed by atoms with van der Waals surface area (Å²) in [6.07, 6.45) is 1.72. The summed E-state index contributed by atoms with van der Waals surface area (Å²) in [6.45, 7) is 8.03. The van der Waals surface area contributed by atoms with Crippen molar-refractivity contribution in [2.24, 2.45) is 0 Å². The Morgan fingerprint density at radius 1 is 1.04 bits per heavy atom. The highest BCUT2D eigenvalue weighted by atomic mass is 16.7. The molecule has 2 aromatic rings. The predicted molar refractivity (Wildman–Crippen MR) is 90.9 cm³/mol. The van der Waals surface area contributed by atoms with E-state index in [-0.39, 0.29) is 5.91 Å². The molecule has 1 aliphatic heterocycles. The first-order valence-electron chi connectivity index (χ1n) is 7.69. The maximum atomic E-state index is 12.3. The lowest BCUT2D eigenvalue weighted by Gasteiger charge is -2.32. The molecule has 1 fully saturated rings. The summed E-state index contributed by atoms with van der Waals surface area (Å²) in [5.41, 5.74) is 1.16. The molecular weight excluding hydrogens is 291 g/mol. The van der Waals surface area contributed by atoms with Gasteiger partial charge in [-0.25, -0.2) is 0 Å². The lowest BCUT2D eigenvalue weighted by Crippen LogP contribution is -2.41. The van der Waals surface area contributed by atoms with E-state index < -0.39 is 18.3 Å². The Bertz CT molecular complexity index is 694. The SMILES string of the molecule is CC1(C)OB(c2ccccc2NC(=O)c2ccc[nH]2)OC1(C)C. The van der Waals surface area contributed by atoms with Crippen LogP contribution >= 0.6 is 0 Å². The zero-order chi connectivity index (χ0) is 16.7. The number of para-hydroxylation sites is 1. The van der Waals surface area contributed by atoms with E-state index in [2.05, 4.69) is 10.3 Å². The Balaban J connectivity index is 1.86. The molecule has 1 amide bonds. The third-order valence-electron chi connectivity index (χ3n) is 4.56. The lowest BCUT2D eigenvalue weighted by molar-refractivity contribution is 0.00578. The number of amides is 1. The average molecular weight is 312 g/mol. The highest BCUT2D eigenvalue weighted by Gasteiger charge is 2.52. The number of carbonyl (C=O) groups excluding carboxylic acids is 1. The van der Waals surface area contributed by atoms with E-state index in [1.165, 1.54) is 0 Å². The number of anilines is 1. The van der Waals surface area contributed by atoms with Crippen LogP contribution in [-0.4, -0.2) is 29.2 Å². The Hall–Kier alpha value is -2.05. The molecule has 0 saturated carbocycles. The second kappa shape index (κ2) is 5.55. The summed E-state index contributed by atoms with van der Waals surface area (Å²) < 4.78 is 12.2. The molecule has 120 valence electrons. The molecule has 1 aromatic heterocycles. The Kier molecular flexibility index (Phi) is 3.82. The van der Waals surface area contributed by atoms with E-state index in [4.69, 9.17) is 9.31 Å². The molecule has 2 N–H and O–H groups in total. The van der Waals surface area contributed by atoms with Gasteiger partial charge in [-0.05, 0) is 45.9 Å². The summed E-state index contributed by atoms with van der Waals surface area (Å²) in [7, 11) is -0.514. The maximum Gasteiger partial charge on any atom is 0.496 e. The molecule has 0 bridgehead atoms. The highest BCUT2D eigenvalue weighted by molar-refractivity contribution is 6.64. The molecular formula is C17H21BN2O3. The molecule has 3 rings (SSSR count). The van der Waals surface area contributed by atoms with Gasteiger partial charge in [0.1, 0.15) is 5.69 Å². The van der Waals surface area contributed by atoms with E-state index in [0.717, 1.165) is 5.46 Å². The van der Waals surface area contributed by atoms with Crippen molar-refractivity contribution in [3.8, 4) is 0 Å². The van der Waals surface area contributed by atoms with Gasteiger partial charge in [0.05, 0.1) is 11.2 Å². The first kappa shape index (κ1) is 15.8. The minimum absolute atomic E-state index is 0.195. The molecule has 1 aliphatic rings. The predicted octanol–water partition coefficient (Wildman–Crippen LogP) is 2.57. The molecule has 23 heavy (non-hydrogen) atoms. The quantitative estimate of drug-likeness (QED) is 0.856. The summed E-state index contributed by atoms with van der Waals surface area (Å²) >= 11 is 0. The lowest BCUT2D eigenvalue weighted by atomic mass is 9.78. The largest absolute Gasteiger partial charge is 0.496 e. The van der Waals surface area contributed by atoms with Crippen molar-refractivity contribution in [2.45, 2.75) is 38.9 Å². The zero-order valence-corrected chi connectivity index (χ0v) is 13.8. The highest BCUT2D eigenvalue weighted by Crippen LogP contribution is 2.36. The third-order valence-corrected chi connectivity index (χ3v) is 4.56. The number of carbonyl (C=O) groups is 1. The van der Waals surface area contributed by atoms with Gasteiger partial charge >= 0.3 is 7.12 Å². The second-order valence-electron chi connectivity index (χ2n) is 6.71. The van der Waals surface area contributed by atoms with Gasteiger partial charge in [-0.3, -0.25) is 4.79 Å². The number of rotatable bonds is 3. The van der Waals surface area contributed by atoms with Crippen molar-refractivity contribution in [2.75, 3.05) is 5.32 Å². The number of hydrogen-bond donors (Lipinski definition) is 2. The Labute approximate surface area is 136 Å². The Morgan fingerprint density at radius 3 is 2.30 bits per heavy atom. The van der Waals surface area contributed by atoms with Crippen LogP contribution in [0.2, 0.25) is 0 Å². The van der Waals surface area contributed by atoms with Crippen molar-refractivity contribution in [1.82, 2.24) is 4.98 Å². The van der Waals surface area contributed by atoms with Crippen LogP contribution in [-0.2, 0) is 9.31 Å². The molecule has 6 heteroatoms. The van der Waals surface area contributed by atoms with Gasteiger partial charge in [-0.1, -0.05) is 18.2 Å². The van der Waals surface area contributed by atoms with Crippen LogP contribution in [0.4, 0.5) is 5.69 Å². The van der Waals surface area contributed by atoms with Crippen LogP contribution in [0, 0.1) is 0 Å². The number of nitrogens with one attached hydrogen (secondary N) is 2. The van der Waals surface area contributed by atoms with Crippen LogP contribution < -0.4 is 10.8 Å². The van der Waals surface area contributed by atoms with Gasteiger partial charge < -0.3 is 19.6 Å². The zero-order valence-electron chi connectivity index (χ0n) is 13.8. The fourth-order valence-corrected chi connectivity index (χ4v) is 2.45. The second-order valence-corrected chi connectivity index (χ2v) is 6.71. The molecule has 0 atom stereocenters. The number of benzene rings is 1. The van der Waals surface area contributed by atoms with Crippen LogP contribution in [0.25, 0.3) is 0 Å². The van der Waals surface area contributed by atoms with Crippen LogP contribution in [0.15, 0.2) is 42.6 Å². The van der Waals surface area contributed by atoms with Crippen LogP contribution in [0.1, 0.15) is 38.2 Å². The number of aromatic amines is 1. The van der Waals surface area contributed by atoms with Gasteiger partial charge in [-0.15, -0.1) is 0 Å². The fourth-order valence-electron chi connectivity index (χ4n) is 2.45. The summed E-state index contributed by atoms with van der Waals surface area (Å²) in [6, 6.07) is 11.1. The minimum Gasteiger partial charge on any atom is -0.399 e. The first-order chi connectivity index (χ1) is 10.8. The smallest absolute Gasteiger partial charge is 0.399 e. The number of H-pyrrole nitrogens is 1. The van der Waals surface area contributed by atoms with Crippen LogP contribution in [0.5, 0.6) is 0 Å². The number of aromatic nitrogens is 1. The summed E-state index contributed by atoms with van der Waals surface area (Å²) in [5.74, 6) is -0.195.